The zero-order chi connectivity index (χ0) is 21.9. The lowest BCUT2D eigenvalue weighted by Crippen LogP contribution is -2.61. The first-order chi connectivity index (χ1) is 14.8. The Kier molecular flexibility index (Phi) is 5.55. The molecule has 0 bridgehead atoms. The normalized spacial score (nSPS) is 51.7. The number of carbonyl (C=O) groups is 1. The summed E-state index contributed by atoms with van der Waals surface area (Å²) in [6.07, 6.45) is -1.39. The molecule has 5 aliphatic rings. The van der Waals surface area contributed by atoms with E-state index < -0.39 is 36.7 Å². The fraction of sp³-hybridized carbons (Fsp3) is 0.864. The Bertz CT molecular complexity index is 740. The second kappa shape index (κ2) is 7.97. The summed E-state index contributed by atoms with van der Waals surface area (Å²) >= 11 is 0. The van der Waals surface area contributed by atoms with E-state index in [-0.39, 0.29) is 17.6 Å². The Labute approximate surface area is 180 Å². The van der Waals surface area contributed by atoms with Crippen LogP contribution in [0.3, 0.4) is 0 Å². The van der Waals surface area contributed by atoms with Crippen molar-refractivity contribution in [2.45, 2.75) is 81.4 Å². The molecule has 5 rings (SSSR count). The SMILES string of the molecule is CC12CCC3C4CCOC=C4CCC3C1C(OC1OC(C(=O)O)C(O)C(O)C1O)CO2. The van der Waals surface area contributed by atoms with E-state index in [0.29, 0.717) is 24.4 Å². The zero-order valence-corrected chi connectivity index (χ0v) is 17.6. The van der Waals surface area contributed by atoms with E-state index in [9.17, 15) is 25.2 Å². The van der Waals surface area contributed by atoms with Gasteiger partial charge >= 0.3 is 5.97 Å². The van der Waals surface area contributed by atoms with Crippen LogP contribution in [0.4, 0.5) is 0 Å². The minimum atomic E-state index is -1.73. The Morgan fingerprint density at radius 3 is 2.71 bits per heavy atom. The van der Waals surface area contributed by atoms with E-state index >= 15 is 0 Å². The van der Waals surface area contributed by atoms with Crippen molar-refractivity contribution in [3.63, 3.8) is 0 Å². The number of carboxylic acid groups (broad SMARTS) is 1. The number of aliphatic carboxylic acids is 1. The van der Waals surface area contributed by atoms with Crippen LogP contribution < -0.4 is 0 Å². The van der Waals surface area contributed by atoms with E-state index in [1.807, 2.05) is 6.26 Å². The lowest BCUT2D eigenvalue weighted by molar-refractivity contribution is -0.308. The average Bonchev–Trinajstić information content (AvgIpc) is 3.10. The van der Waals surface area contributed by atoms with Crippen LogP contribution in [0, 0.1) is 23.7 Å². The number of fused-ring (bicyclic) bond motifs is 5. The van der Waals surface area contributed by atoms with Crippen molar-refractivity contribution in [3.8, 4) is 0 Å². The standard InChI is InChI=1S/C22H32O9/c1-22-6-4-12-11-5-7-28-8-10(11)2-3-13(12)15(22)14(9-29-22)30-21-18(25)16(23)17(24)19(31-21)20(26)27/h8,11-19,21,23-25H,2-7,9H2,1H3,(H,26,27). The summed E-state index contributed by atoms with van der Waals surface area (Å²) in [7, 11) is 0. The van der Waals surface area contributed by atoms with Gasteiger partial charge < -0.3 is 39.4 Å². The predicted molar refractivity (Wildman–Crippen MR) is 105 cm³/mol. The molecular weight excluding hydrogens is 408 g/mol. The molecule has 3 heterocycles. The summed E-state index contributed by atoms with van der Waals surface area (Å²) in [5, 5.41) is 39.8. The van der Waals surface area contributed by atoms with Crippen molar-refractivity contribution in [2.75, 3.05) is 13.2 Å². The Hall–Kier alpha value is -1.23. The molecule has 4 fully saturated rings. The number of hydrogen-bond acceptors (Lipinski definition) is 8. The molecule has 31 heavy (non-hydrogen) atoms. The largest absolute Gasteiger partial charge is 0.501 e. The molecular formula is C22H32O9. The lowest BCUT2D eigenvalue weighted by Gasteiger charge is -2.52. The van der Waals surface area contributed by atoms with Crippen LogP contribution in [0.2, 0.25) is 0 Å². The van der Waals surface area contributed by atoms with Gasteiger partial charge in [-0.1, -0.05) is 0 Å². The van der Waals surface area contributed by atoms with Gasteiger partial charge in [0.15, 0.2) is 12.4 Å². The maximum atomic E-state index is 11.4. The third kappa shape index (κ3) is 3.50. The molecule has 4 N–H and O–H groups in total. The van der Waals surface area contributed by atoms with Gasteiger partial charge in [-0.05, 0) is 62.4 Å². The number of hydrogen-bond donors (Lipinski definition) is 4. The smallest absolute Gasteiger partial charge is 0.335 e. The second-order valence-corrected chi connectivity index (χ2v) is 9.92. The Balaban J connectivity index is 1.36. The van der Waals surface area contributed by atoms with Crippen molar-refractivity contribution in [3.05, 3.63) is 11.8 Å². The molecule has 2 aliphatic carbocycles. The first kappa shape index (κ1) is 21.6. The third-order valence-corrected chi connectivity index (χ3v) is 8.33. The first-order valence-electron chi connectivity index (χ1n) is 11.3. The fourth-order valence-corrected chi connectivity index (χ4v) is 6.82. The highest BCUT2D eigenvalue weighted by molar-refractivity contribution is 5.73. The minimum Gasteiger partial charge on any atom is -0.501 e. The van der Waals surface area contributed by atoms with Gasteiger partial charge in [0.2, 0.25) is 0 Å². The number of rotatable bonds is 3. The number of aliphatic hydroxyl groups excluding tert-OH is 3. The highest BCUT2D eigenvalue weighted by Crippen LogP contribution is 2.57. The van der Waals surface area contributed by atoms with Crippen LogP contribution in [-0.2, 0) is 23.7 Å². The molecule has 0 amide bonds. The van der Waals surface area contributed by atoms with Gasteiger partial charge in [0, 0.05) is 5.92 Å². The number of allylic oxidation sites excluding steroid dienone is 1. The quantitative estimate of drug-likeness (QED) is 0.492. The van der Waals surface area contributed by atoms with E-state index in [4.69, 9.17) is 18.9 Å². The third-order valence-electron chi connectivity index (χ3n) is 8.33. The summed E-state index contributed by atoms with van der Waals surface area (Å²) in [5.41, 5.74) is 1.06. The molecule has 0 spiro atoms. The molecule has 11 atom stereocenters. The molecule has 3 aliphatic heterocycles. The Morgan fingerprint density at radius 2 is 1.94 bits per heavy atom. The van der Waals surface area contributed by atoms with Crippen LogP contribution in [0.1, 0.15) is 39.0 Å². The monoisotopic (exact) mass is 440 g/mol. The van der Waals surface area contributed by atoms with Gasteiger partial charge in [-0.15, -0.1) is 0 Å². The van der Waals surface area contributed by atoms with Gasteiger partial charge in [-0.25, -0.2) is 4.79 Å². The summed E-state index contributed by atoms with van der Waals surface area (Å²) in [5.74, 6) is 0.0921. The molecule has 2 saturated heterocycles. The fourth-order valence-electron chi connectivity index (χ4n) is 6.82. The van der Waals surface area contributed by atoms with E-state index in [2.05, 4.69) is 6.92 Å². The Morgan fingerprint density at radius 1 is 1.13 bits per heavy atom. The molecule has 0 radical (unpaired) electrons. The summed E-state index contributed by atoms with van der Waals surface area (Å²) < 4.78 is 23.3. The molecule has 9 heteroatoms. The highest BCUT2D eigenvalue weighted by Gasteiger charge is 2.59. The maximum absolute atomic E-state index is 11.4. The molecule has 9 nitrogen and oxygen atoms in total. The number of carboxylic acids is 1. The minimum absolute atomic E-state index is 0.0821. The predicted octanol–water partition coefficient (Wildman–Crippen LogP) is 0.409. The molecule has 0 aromatic carbocycles. The molecule has 2 saturated carbocycles. The van der Waals surface area contributed by atoms with Gasteiger partial charge in [0.05, 0.1) is 31.2 Å². The van der Waals surface area contributed by atoms with Crippen molar-refractivity contribution in [1.82, 2.24) is 0 Å². The van der Waals surface area contributed by atoms with Crippen molar-refractivity contribution >= 4 is 5.97 Å². The van der Waals surface area contributed by atoms with Crippen molar-refractivity contribution in [2.24, 2.45) is 23.7 Å². The highest BCUT2D eigenvalue weighted by atomic mass is 16.7. The van der Waals surface area contributed by atoms with Crippen LogP contribution in [0.5, 0.6) is 0 Å². The van der Waals surface area contributed by atoms with E-state index in [1.165, 1.54) is 5.57 Å². The summed E-state index contributed by atoms with van der Waals surface area (Å²) in [6.45, 7) is 3.18. The van der Waals surface area contributed by atoms with Crippen LogP contribution in [0.15, 0.2) is 11.8 Å². The van der Waals surface area contributed by atoms with Gasteiger partial charge in [0.1, 0.15) is 18.3 Å². The van der Waals surface area contributed by atoms with Gasteiger partial charge in [-0.2, -0.15) is 0 Å². The molecule has 0 aromatic heterocycles. The summed E-state index contributed by atoms with van der Waals surface area (Å²) in [6, 6.07) is 0. The van der Waals surface area contributed by atoms with Crippen molar-refractivity contribution < 1.29 is 44.2 Å². The van der Waals surface area contributed by atoms with Gasteiger partial charge in [0.25, 0.3) is 0 Å². The van der Waals surface area contributed by atoms with Crippen LogP contribution >= 0.6 is 0 Å². The van der Waals surface area contributed by atoms with Crippen molar-refractivity contribution in [1.29, 1.82) is 0 Å². The number of ether oxygens (including phenoxy) is 4. The van der Waals surface area contributed by atoms with Gasteiger partial charge in [-0.3, -0.25) is 0 Å². The molecule has 11 unspecified atom stereocenters. The zero-order valence-electron chi connectivity index (χ0n) is 17.6. The maximum Gasteiger partial charge on any atom is 0.335 e. The molecule has 174 valence electrons. The van der Waals surface area contributed by atoms with E-state index in [1.54, 1.807) is 0 Å². The summed E-state index contributed by atoms with van der Waals surface area (Å²) in [4.78, 5) is 11.4. The molecule has 0 aromatic rings. The van der Waals surface area contributed by atoms with Crippen LogP contribution in [0.25, 0.3) is 0 Å². The second-order valence-electron chi connectivity index (χ2n) is 9.92. The average molecular weight is 440 g/mol. The topological polar surface area (TPSA) is 135 Å². The van der Waals surface area contributed by atoms with Crippen LogP contribution in [-0.4, -0.2) is 82.0 Å². The number of aliphatic hydroxyl groups is 3. The lowest BCUT2D eigenvalue weighted by atomic mass is 9.55. The first-order valence-corrected chi connectivity index (χ1v) is 11.3. The van der Waals surface area contributed by atoms with E-state index in [0.717, 1.165) is 38.7 Å².